The van der Waals surface area contributed by atoms with E-state index in [2.05, 4.69) is 10.3 Å². The number of carbonyl (C=O) groups is 1. The molecule has 1 aromatic carbocycles. The molecule has 1 saturated carbocycles. The van der Waals surface area contributed by atoms with Gasteiger partial charge < -0.3 is 10.3 Å². The molecule has 3 nitrogen and oxygen atoms in total. The van der Waals surface area contributed by atoms with Crippen LogP contribution in [-0.4, -0.2) is 16.9 Å². The second-order valence-electron chi connectivity index (χ2n) is 5.20. The summed E-state index contributed by atoms with van der Waals surface area (Å²) in [4.78, 5) is 15.4. The van der Waals surface area contributed by atoms with Crippen LogP contribution in [0.25, 0.3) is 10.9 Å². The third-order valence-corrected chi connectivity index (χ3v) is 4.06. The van der Waals surface area contributed by atoms with Crippen molar-refractivity contribution in [1.82, 2.24) is 10.3 Å². The fraction of sp³-hybridized carbons (Fsp3) is 0.400. The first-order valence-corrected chi connectivity index (χ1v) is 7.19. The van der Waals surface area contributed by atoms with E-state index in [4.69, 9.17) is 11.6 Å². The number of nitrogens with one attached hydrogen (secondary N) is 2. The molecular formula is C15H17ClN2O. The molecule has 0 atom stereocenters. The van der Waals surface area contributed by atoms with E-state index in [0.717, 1.165) is 23.7 Å². The van der Waals surface area contributed by atoms with Crippen molar-refractivity contribution in [3.8, 4) is 0 Å². The van der Waals surface area contributed by atoms with Crippen LogP contribution in [0.4, 0.5) is 0 Å². The number of hydrogen-bond acceptors (Lipinski definition) is 1. The van der Waals surface area contributed by atoms with Crippen molar-refractivity contribution < 1.29 is 4.79 Å². The second-order valence-corrected chi connectivity index (χ2v) is 5.64. The Labute approximate surface area is 117 Å². The van der Waals surface area contributed by atoms with Gasteiger partial charge in [0.1, 0.15) is 0 Å². The fourth-order valence-electron chi connectivity index (χ4n) is 2.79. The topological polar surface area (TPSA) is 44.9 Å². The highest BCUT2D eigenvalue weighted by molar-refractivity contribution is 6.31. The van der Waals surface area contributed by atoms with Gasteiger partial charge in [0.05, 0.1) is 5.56 Å². The number of amides is 1. The fourth-order valence-corrected chi connectivity index (χ4v) is 2.96. The minimum Gasteiger partial charge on any atom is -0.360 e. The number of rotatable bonds is 2. The van der Waals surface area contributed by atoms with Gasteiger partial charge in [-0.05, 0) is 31.0 Å². The van der Waals surface area contributed by atoms with Crippen LogP contribution in [0.15, 0.2) is 24.4 Å². The Kier molecular flexibility index (Phi) is 3.47. The van der Waals surface area contributed by atoms with Gasteiger partial charge in [0.2, 0.25) is 0 Å². The minimum absolute atomic E-state index is 0.000386. The monoisotopic (exact) mass is 276 g/mol. The third kappa shape index (κ3) is 2.61. The molecular weight excluding hydrogens is 260 g/mol. The molecule has 1 heterocycles. The summed E-state index contributed by atoms with van der Waals surface area (Å²) in [5.74, 6) is 0.000386. The molecule has 1 aliphatic carbocycles. The normalized spacial score (nSPS) is 16.7. The van der Waals surface area contributed by atoms with E-state index < -0.39 is 0 Å². The summed E-state index contributed by atoms with van der Waals surface area (Å²) in [6.07, 6.45) is 7.66. The zero-order valence-corrected chi connectivity index (χ0v) is 11.5. The molecule has 2 aromatic rings. The molecule has 100 valence electrons. The first-order chi connectivity index (χ1) is 9.24. The summed E-state index contributed by atoms with van der Waals surface area (Å²) in [6.45, 7) is 0. The molecule has 1 aliphatic rings. The van der Waals surface area contributed by atoms with Gasteiger partial charge in [-0.1, -0.05) is 30.9 Å². The Balaban J connectivity index is 1.82. The quantitative estimate of drug-likeness (QED) is 0.859. The molecule has 1 fully saturated rings. The van der Waals surface area contributed by atoms with Crippen molar-refractivity contribution in [2.24, 2.45) is 0 Å². The molecule has 4 heteroatoms. The number of aromatic nitrogens is 1. The van der Waals surface area contributed by atoms with Crippen molar-refractivity contribution in [1.29, 1.82) is 0 Å². The highest BCUT2D eigenvalue weighted by Gasteiger charge is 2.18. The van der Waals surface area contributed by atoms with Crippen molar-refractivity contribution in [2.75, 3.05) is 0 Å². The summed E-state index contributed by atoms with van der Waals surface area (Å²) >= 11 is 6.00. The van der Waals surface area contributed by atoms with Crippen LogP contribution in [-0.2, 0) is 0 Å². The van der Waals surface area contributed by atoms with Gasteiger partial charge in [0.15, 0.2) is 0 Å². The molecule has 0 radical (unpaired) electrons. The number of halogens is 1. The SMILES string of the molecule is O=C(NC1CCCCC1)c1c[nH]c2ccc(Cl)cc12. The molecule has 1 aromatic heterocycles. The zero-order valence-electron chi connectivity index (χ0n) is 10.7. The predicted octanol–water partition coefficient (Wildman–Crippen LogP) is 3.88. The van der Waals surface area contributed by atoms with E-state index in [0.29, 0.717) is 16.6 Å². The van der Waals surface area contributed by atoms with Crippen molar-refractivity contribution in [3.05, 3.63) is 35.0 Å². The van der Waals surface area contributed by atoms with Crippen LogP contribution in [0.5, 0.6) is 0 Å². The molecule has 0 spiro atoms. The van der Waals surface area contributed by atoms with E-state index >= 15 is 0 Å². The van der Waals surface area contributed by atoms with Gasteiger partial charge in [0.25, 0.3) is 5.91 Å². The number of carbonyl (C=O) groups excluding carboxylic acids is 1. The number of aromatic amines is 1. The van der Waals surface area contributed by atoms with E-state index in [9.17, 15) is 4.79 Å². The number of benzene rings is 1. The average molecular weight is 277 g/mol. The van der Waals surface area contributed by atoms with Crippen LogP contribution in [0.2, 0.25) is 5.02 Å². The van der Waals surface area contributed by atoms with Crippen LogP contribution in [0.1, 0.15) is 42.5 Å². The maximum Gasteiger partial charge on any atom is 0.253 e. The molecule has 1 amide bonds. The van der Waals surface area contributed by atoms with Crippen LogP contribution in [0.3, 0.4) is 0 Å². The maximum atomic E-state index is 12.3. The lowest BCUT2D eigenvalue weighted by molar-refractivity contribution is 0.0929. The van der Waals surface area contributed by atoms with Gasteiger partial charge in [-0.15, -0.1) is 0 Å². The number of H-pyrrole nitrogens is 1. The largest absolute Gasteiger partial charge is 0.360 e. The number of hydrogen-bond donors (Lipinski definition) is 2. The molecule has 2 N–H and O–H groups in total. The van der Waals surface area contributed by atoms with Gasteiger partial charge in [-0.3, -0.25) is 4.79 Å². The summed E-state index contributed by atoms with van der Waals surface area (Å²) in [5.41, 5.74) is 1.63. The summed E-state index contributed by atoms with van der Waals surface area (Å²) < 4.78 is 0. The molecule has 0 saturated heterocycles. The summed E-state index contributed by atoms with van der Waals surface area (Å²) in [6, 6.07) is 5.88. The van der Waals surface area contributed by atoms with Crippen LogP contribution in [0, 0.1) is 0 Å². The predicted molar refractivity (Wildman–Crippen MR) is 77.6 cm³/mol. The molecule has 0 unspecified atom stereocenters. The van der Waals surface area contributed by atoms with E-state index in [1.807, 2.05) is 18.2 Å². The van der Waals surface area contributed by atoms with Gasteiger partial charge in [0, 0.05) is 28.2 Å². The first kappa shape index (κ1) is 12.5. The third-order valence-electron chi connectivity index (χ3n) is 3.83. The number of fused-ring (bicyclic) bond motifs is 1. The Morgan fingerprint density at radius 1 is 1.26 bits per heavy atom. The van der Waals surface area contributed by atoms with Crippen molar-refractivity contribution in [3.63, 3.8) is 0 Å². The van der Waals surface area contributed by atoms with Crippen LogP contribution >= 0.6 is 11.6 Å². The highest BCUT2D eigenvalue weighted by atomic mass is 35.5. The standard InChI is InChI=1S/C15H17ClN2O/c16-10-6-7-14-12(8-10)13(9-17-14)15(19)18-11-4-2-1-3-5-11/h6-9,11,17H,1-5H2,(H,18,19). The van der Waals surface area contributed by atoms with Crippen molar-refractivity contribution in [2.45, 2.75) is 38.1 Å². The first-order valence-electron chi connectivity index (χ1n) is 6.81. The Bertz CT molecular complexity index is 599. The molecule has 19 heavy (non-hydrogen) atoms. The maximum absolute atomic E-state index is 12.3. The molecule has 0 aliphatic heterocycles. The minimum atomic E-state index is 0.000386. The van der Waals surface area contributed by atoms with Crippen LogP contribution < -0.4 is 5.32 Å². The Hall–Kier alpha value is -1.48. The highest BCUT2D eigenvalue weighted by Crippen LogP contribution is 2.23. The van der Waals surface area contributed by atoms with E-state index in [1.165, 1.54) is 19.3 Å². The Morgan fingerprint density at radius 3 is 2.84 bits per heavy atom. The summed E-state index contributed by atoms with van der Waals surface area (Å²) in [7, 11) is 0. The lowest BCUT2D eigenvalue weighted by Crippen LogP contribution is -2.36. The lowest BCUT2D eigenvalue weighted by atomic mass is 9.95. The van der Waals surface area contributed by atoms with Gasteiger partial charge in [-0.2, -0.15) is 0 Å². The Morgan fingerprint density at radius 2 is 2.05 bits per heavy atom. The smallest absolute Gasteiger partial charge is 0.253 e. The zero-order chi connectivity index (χ0) is 13.2. The van der Waals surface area contributed by atoms with Gasteiger partial charge >= 0.3 is 0 Å². The lowest BCUT2D eigenvalue weighted by Gasteiger charge is -2.22. The van der Waals surface area contributed by atoms with E-state index in [-0.39, 0.29) is 5.91 Å². The molecule has 3 rings (SSSR count). The van der Waals surface area contributed by atoms with E-state index in [1.54, 1.807) is 6.20 Å². The van der Waals surface area contributed by atoms with Crippen molar-refractivity contribution >= 4 is 28.4 Å². The average Bonchev–Trinajstić information content (AvgIpc) is 2.82. The molecule has 0 bridgehead atoms. The summed E-state index contributed by atoms with van der Waals surface area (Å²) in [5, 5.41) is 4.67. The second kappa shape index (κ2) is 5.25. The van der Waals surface area contributed by atoms with Gasteiger partial charge in [-0.25, -0.2) is 0 Å².